The van der Waals surface area contributed by atoms with Crippen LogP contribution < -0.4 is 16.0 Å². The first-order valence-electron chi connectivity index (χ1n) is 22.0. The number of carboxylic acid groups (broad SMARTS) is 1. The Balaban J connectivity index is 1.79. The maximum Gasteiger partial charge on any atom is 0.317 e. The number of carbonyl (C=O) groups excluding carboxylic acids is 3. The summed E-state index contributed by atoms with van der Waals surface area (Å²) in [5.41, 5.74) is -0.0829. The topological polar surface area (TPSA) is 380 Å². The van der Waals surface area contributed by atoms with E-state index < -0.39 is 103 Å². The second-order valence-corrected chi connectivity index (χ2v) is 23.1. The summed E-state index contributed by atoms with van der Waals surface area (Å²) in [5.74, 6) is -5.80. The Labute approximate surface area is 500 Å². The average Bonchev–Trinajstić information content (AvgIpc) is 3.35. The summed E-state index contributed by atoms with van der Waals surface area (Å²) in [7, 11) is 0. The minimum absolute atomic E-state index is 0.0399. The van der Waals surface area contributed by atoms with Gasteiger partial charge in [0.2, 0.25) is 0 Å². The van der Waals surface area contributed by atoms with Crippen molar-refractivity contribution >= 4 is 159 Å². The molecule has 73 heavy (non-hydrogen) atoms. The number of halogens is 6. The molecule has 3 aromatic carbocycles. The van der Waals surface area contributed by atoms with E-state index in [1.54, 1.807) is 140 Å². The van der Waals surface area contributed by atoms with Gasteiger partial charge in [-0.15, -0.1) is 0 Å². The van der Waals surface area contributed by atoms with Crippen LogP contribution in [-0.2, 0) is 24.4 Å². The van der Waals surface area contributed by atoms with Crippen LogP contribution in [0.1, 0.15) is 47.8 Å². The highest BCUT2D eigenvalue weighted by Crippen LogP contribution is 2.43. The molecule has 3 aromatic rings. The molecule has 1 aliphatic heterocycles. The van der Waals surface area contributed by atoms with Crippen molar-refractivity contribution < 1.29 is 85.6 Å². The lowest BCUT2D eigenvalue weighted by Crippen LogP contribution is -2.46. The van der Waals surface area contributed by atoms with Crippen LogP contribution in [0.15, 0.2) is 0 Å². The molecule has 0 aromatic heterocycles. The van der Waals surface area contributed by atoms with E-state index in [0.29, 0.717) is 0 Å². The van der Waals surface area contributed by atoms with Gasteiger partial charge in [-0.3, -0.25) is 38.8 Å². The number of phenolic OH excluding ortho intramolecular Hbond substituents is 6. The Kier molecular flexibility index (Phi) is 26.1. The lowest BCUT2D eigenvalue weighted by molar-refractivity contribution is -0.138. The molecule has 0 saturated carbocycles. The highest BCUT2D eigenvalue weighted by Gasteiger charge is 2.32. The molecule has 16 N–H and O–H groups in total. The fourth-order valence-corrected chi connectivity index (χ4v) is 13.9. The van der Waals surface area contributed by atoms with E-state index in [4.69, 9.17) is 0 Å². The number of aliphatic hydroxyl groups excluding tert-OH is 6. The Morgan fingerprint density at radius 3 is 0.808 bits per heavy atom. The molecule has 0 spiro atoms. The van der Waals surface area contributed by atoms with Gasteiger partial charge in [0.25, 0.3) is 17.7 Å². The second kappa shape index (κ2) is 29.9. The van der Waals surface area contributed by atoms with Crippen molar-refractivity contribution in [3.8, 4) is 34.5 Å². The minimum Gasteiger partial charge on any atom is -0.506 e. The molecular formula is C43H55I6N7O17. The standard InChI is InChI=1S/C43H55I6N7O17/c44-29-26(41(71)50-9-19(60)16-57)30(45)36(66)22(35(29)65)12-53-1-3-54(13-23-37(67)31(46)27(32(47)38(23)68)42(72)51-10-20(61)17-58)5-7-56(15-25(63)64)8-6-55(4-2-53)14-24-39(69)33(48)28(34(49)40(24)70)43(73)52-11-21(62)18-59/h19-21,57-62,65-70H,1-18H2,(H,50,71)(H,51,72)(H,52,73)(H,63,64). The minimum atomic E-state index is -1.26. The number of phenols is 6. The molecule has 1 fully saturated rings. The van der Waals surface area contributed by atoms with Crippen LogP contribution in [-0.4, -0.2) is 226 Å². The van der Waals surface area contributed by atoms with E-state index in [2.05, 4.69) is 16.0 Å². The SMILES string of the molecule is O=C(O)CN1CCN(Cc2c(O)c(I)c(C(=O)NCC(O)CO)c(I)c2O)CCN(Cc2c(O)c(I)c(C(=O)NCC(O)CO)c(I)c2O)CCN(Cc2c(O)c(I)c(C(=O)NCC(O)CO)c(I)c2O)CC1. The zero-order valence-electron chi connectivity index (χ0n) is 38.5. The van der Waals surface area contributed by atoms with Crippen LogP contribution >= 0.6 is 136 Å². The predicted molar refractivity (Wildman–Crippen MR) is 312 cm³/mol. The van der Waals surface area contributed by atoms with Crippen LogP contribution in [0, 0.1) is 21.4 Å². The lowest BCUT2D eigenvalue weighted by atomic mass is 10.1. The summed E-state index contributed by atoms with van der Waals surface area (Å²) in [6.07, 6.45) is -3.77. The van der Waals surface area contributed by atoms with Gasteiger partial charge >= 0.3 is 5.97 Å². The van der Waals surface area contributed by atoms with E-state index in [1.807, 2.05) is 14.7 Å². The zero-order chi connectivity index (χ0) is 54.6. The number of hydrogen-bond donors (Lipinski definition) is 16. The van der Waals surface area contributed by atoms with Crippen molar-refractivity contribution in [2.24, 2.45) is 0 Å². The van der Waals surface area contributed by atoms with Crippen LogP contribution in [0.4, 0.5) is 0 Å². The third-order valence-electron chi connectivity index (χ3n) is 11.5. The monoisotopic (exact) mass is 1700 g/mol. The number of aliphatic hydroxyl groups is 6. The molecule has 0 bridgehead atoms. The Bertz CT molecular complexity index is 2300. The van der Waals surface area contributed by atoms with Gasteiger partial charge in [0.15, 0.2) is 0 Å². The van der Waals surface area contributed by atoms with Gasteiger partial charge in [-0.2, -0.15) is 0 Å². The molecule has 1 heterocycles. The molecule has 4 rings (SSSR count). The van der Waals surface area contributed by atoms with Crippen LogP contribution in [0.25, 0.3) is 0 Å². The van der Waals surface area contributed by atoms with Gasteiger partial charge in [-0.1, -0.05) is 0 Å². The molecule has 24 nitrogen and oxygen atoms in total. The fraction of sp³-hybridized carbons (Fsp3) is 0.488. The molecule has 3 amide bonds. The first-order valence-corrected chi connectivity index (χ1v) is 28.4. The van der Waals surface area contributed by atoms with E-state index in [9.17, 15) is 85.6 Å². The highest BCUT2D eigenvalue weighted by molar-refractivity contribution is 14.1. The number of carbonyl (C=O) groups is 4. The number of amides is 3. The maximum atomic E-state index is 13.3. The van der Waals surface area contributed by atoms with Gasteiger partial charge in [-0.05, 0) is 136 Å². The van der Waals surface area contributed by atoms with Gasteiger partial charge in [0.05, 0.1) is 99.5 Å². The number of rotatable bonds is 20. The quantitative estimate of drug-likeness (QED) is 0.0662. The molecule has 3 atom stereocenters. The van der Waals surface area contributed by atoms with Crippen molar-refractivity contribution in [2.45, 2.75) is 37.9 Å². The summed E-state index contributed by atoms with van der Waals surface area (Å²) in [5, 5.41) is 144. The van der Waals surface area contributed by atoms with E-state index in [0.717, 1.165) is 0 Å². The normalized spacial score (nSPS) is 16.0. The lowest BCUT2D eigenvalue weighted by Gasteiger charge is -2.34. The summed E-state index contributed by atoms with van der Waals surface area (Å²) < 4.78 is 0.505. The Morgan fingerprint density at radius 2 is 0.616 bits per heavy atom. The third kappa shape index (κ3) is 16.9. The average molecular weight is 1700 g/mol. The molecule has 1 aliphatic rings. The highest BCUT2D eigenvalue weighted by atomic mass is 127. The number of nitrogens with one attached hydrogen (secondary N) is 3. The molecule has 3 unspecified atom stereocenters. The maximum absolute atomic E-state index is 13.3. The van der Waals surface area contributed by atoms with Crippen molar-refractivity contribution in [2.75, 3.05) is 98.4 Å². The number of benzene rings is 3. The van der Waals surface area contributed by atoms with Gasteiger partial charge in [0, 0.05) is 91.6 Å². The largest absolute Gasteiger partial charge is 0.506 e. The summed E-state index contributed by atoms with van der Waals surface area (Å²) >= 11 is 10.6. The molecule has 0 aliphatic carbocycles. The van der Waals surface area contributed by atoms with Gasteiger partial charge in [-0.25, -0.2) is 0 Å². The zero-order valence-corrected chi connectivity index (χ0v) is 51.4. The fourth-order valence-electron chi connectivity index (χ4n) is 7.34. The van der Waals surface area contributed by atoms with E-state index in [-0.39, 0.29) is 146 Å². The van der Waals surface area contributed by atoms with Crippen LogP contribution in [0.5, 0.6) is 34.5 Å². The molecule has 0 radical (unpaired) electrons. The van der Waals surface area contributed by atoms with Crippen molar-refractivity contribution in [1.29, 1.82) is 0 Å². The first kappa shape index (κ1) is 63.8. The van der Waals surface area contributed by atoms with Crippen molar-refractivity contribution in [3.63, 3.8) is 0 Å². The van der Waals surface area contributed by atoms with E-state index in [1.165, 1.54) is 0 Å². The number of carboxylic acids is 1. The summed E-state index contributed by atoms with van der Waals surface area (Å²) in [6, 6.07) is 0. The smallest absolute Gasteiger partial charge is 0.317 e. The van der Waals surface area contributed by atoms with Crippen LogP contribution in [0.3, 0.4) is 0 Å². The van der Waals surface area contributed by atoms with Crippen molar-refractivity contribution in [3.05, 3.63) is 54.8 Å². The Morgan fingerprint density at radius 1 is 0.411 bits per heavy atom. The van der Waals surface area contributed by atoms with E-state index >= 15 is 0 Å². The summed E-state index contributed by atoms with van der Waals surface area (Å²) in [6.45, 7) is -2.43. The first-order chi connectivity index (χ1) is 34.4. The van der Waals surface area contributed by atoms with Crippen LogP contribution in [0.2, 0.25) is 0 Å². The molecule has 30 heteroatoms. The molecule has 1 saturated heterocycles. The third-order valence-corrected chi connectivity index (χ3v) is 17.8. The number of aromatic hydroxyl groups is 6. The second-order valence-electron chi connectivity index (χ2n) is 16.7. The van der Waals surface area contributed by atoms with Gasteiger partial charge < -0.3 is 82.3 Å². The molecular weight excluding hydrogens is 1650 g/mol. The van der Waals surface area contributed by atoms with Gasteiger partial charge in [0.1, 0.15) is 34.5 Å². The summed E-state index contributed by atoms with van der Waals surface area (Å²) in [4.78, 5) is 59.0. The number of aliphatic carboxylic acids is 1. The Hall–Kier alpha value is -1.68. The predicted octanol–water partition coefficient (Wildman–Crippen LogP) is 0.00340. The molecule has 406 valence electrons. The number of nitrogens with zero attached hydrogens (tertiary/aromatic N) is 4. The number of hydrogen-bond acceptors (Lipinski definition) is 20. The van der Waals surface area contributed by atoms with Crippen molar-refractivity contribution in [1.82, 2.24) is 35.6 Å².